The largest absolute Gasteiger partial charge is 0.444 e. The number of hydrogen-bond donors (Lipinski definition) is 1. The Labute approximate surface area is 235 Å². The van der Waals surface area contributed by atoms with Crippen molar-refractivity contribution in [2.24, 2.45) is 0 Å². The third-order valence-electron chi connectivity index (χ3n) is 6.48. The Morgan fingerprint density at radius 2 is 1.85 bits per heavy atom. The number of halogens is 1. The summed E-state index contributed by atoms with van der Waals surface area (Å²) in [5, 5.41) is 2.88. The Balaban J connectivity index is 1.48. The maximum Gasteiger partial charge on any atom is 0.407 e. The smallest absolute Gasteiger partial charge is 0.407 e. The number of thiophene rings is 1. The summed E-state index contributed by atoms with van der Waals surface area (Å²) >= 11 is 1.32. The van der Waals surface area contributed by atoms with Crippen LogP contribution in [-0.4, -0.2) is 51.6 Å². The number of fused-ring (bicyclic) bond motifs is 1. The molecule has 4 aromatic rings. The van der Waals surface area contributed by atoms with Crippen LogP contribution in [0.4, 0.5) is 14.9 Å². The zero-order valence-corrected chi connectivity index (χ0v) is 23.2. The molecule has 2 aromatic heterocycles. The molecule has 5 rings (SSSR count). The molecule has 8 nitrogen and oxygen atoms in total. The minimum atomic E-state index is -0.617. The third-order valence-corrected chi connectivity index (χ3v) is 7.66. The number of aromatic nitrogens is 2. The van der Waals surface area contributed by atoms with Crippen molar-refractivity contribution in [3.05, 3.63) is 77.0 Å². The molecule has 1 atom stereocenters. The maximum absolute atomic E-state index is 14.6. The monoisotopic (exact) mass is 557 g/mol. The molecule has 1 fully saturated rings. The van der Waals surface area contributed by atoms with Crippen LogP contribution in [0.2, 0.25) is 0 Å². The van der Waals surface area contributed by atoms with Crippen molar-refractivity contribution >= 4 is 40.1 Å². The molecule has 1 aliphatic heterocycles. The molecule has 0 aliphatic carbocycles. The number of amides is 2. The van der Waals surface area contributed by atoms with E-state index < -0.39 is 17.5 Å². The van der Waals surface area contributed by atoms with Gasteiger partial charge in [-0.2, -0.15) is 0 Å². The van der Waals surface area contributed by atoms with Crippen molar-refractivity contribution in [2.45, 2.75) is 45.3 Å². The van der Waals surface area contributed by atoms with Crippen molar-refractivity contribution in [2.75, 3.05) is 13.1 Å². The Morgan fingerprint density at radius 1 is 1.10 bits per heavy atom. The van der Waals surface area contributed by atoms with Crippen LogP contribution in [-0.2, 0) is 4.74 Å². The van der Waals surface area contributed by atoms with Crippen LogP contribution in [0.15, 0.2) is 54.9 Å². The first-order chi connectivity index (χ1) is 19.1. The fraction of sp³-hybridized carbons (Fsp3) is 0.300. The Kier molecular flexibility index (Phi) is 7.50. The van der Waals surface area contributed by atoms with Gasteiger partial charge in [0.05, 0.1) is 22.5 Å². The van der Waals surface area contributed by atoms with E-state index in [1.807, 2.05) is 18.2 Å². The predicted octanol–water partition coefficient (Wildman–Crippen LogP) is 6.84. The van der Waals surface area contributed by atoms with Gasteiger partial charge in [0.25, 0.3) is 5.91 Å². The number of piperidine rings is 1. The van der Waals surface area contributed by atoms with Gasteiger partial charge in [0.2, 0.25) is 5.69 Å². The zero-order valence-electron chi connectivity index (χ0n) is 22.4. The SMILES string of the molecule is [C-]#[N+]c1ccc(-c2cc(C(=O)N3CCC[C@@H](NC(=O)OC(C)(C)C)C3)sc2-c2ccc3nccnc3c2)cc1F. The van der Waals surface area contributed by atoms with E-state index in [-0.39, 0.29) is 17.6 Å². The number of nitrogens with one attached hydrogen (secondary N) is 1. The molecule has 1 N–H and O–H groups in total. The van der Waals surface area contributed by atoms with Crippen molar-refractivity contribution < 1.29 is 18.7 Å². The highest BCUT2D eigenvalue weighted by molar-refractivity contribution is 7.18. The lowest BCUT2D eigenvalue weighted by atomic mass is 10.0. The second-order valence-electron chi connectivity index (χ2n) is 10.6. The molecule has 40 heavy (non-hydrogen) atoms. The average molecular weight is 558 g/mol. The van der Waals surface area contributed by atoms with Gasteiger partial charge < -0.3 is 15.0 Å². The first-order valence-corrected chi connectivity index (χ1v) is 13.7. The van der Waals surface area contributed by atoms with Gasteiger partial charge in [-0.1, -0.05) is 18.2 Å². The van der Waals surface area contributed by atoms with E-state index in [4.69, 9.17) is 11.3 Å². The average Bonchev–Trinajstić information content (AvgIpc) is 3.37. The summed E-state index contributed by atoms with van der Waals surface area (Å²) in [4.78, 5) is 41.0. The molecular formula is C30H28FN5O3S. The second kappa shape index (κ2) is 11.0. The Hall–Kier alpha value is -4.36. The summed E-state index contributed by atoms with van der Waals surface area (Å²) in [5.41, 5.74) is 2.85. The molecule has 0 saturated carbocycles. The van der Waals surface area contributed by atoms with Gasteiger partial charge >= 0.3 is 6.09 Å². The van der Waals surface area contributed by atoms with Crippen LogP contribution < -0.4 is 5.32 Å². The summed E-state index contributed by atoms with van der Waals surface area (Å²) in [6, 6.07) is 11.7. The van der Waals surface area contributed by atoms with Crippen molar-refractivity contribution in [3.8, 4) is 21.6 Å². The molecular weight excluding hydrogens is 529 g/mol. The van der Waals surface area contributed by atoms with Crippen molar-refractivity contribution in [1.82, 2.24) is 20.2 Å². The number of ether oxygens (including phenoxy) is 1. The van der Waals surface area contributed by atoms with Crippen molar-refractivity contribution in [3.63, 3.8) is 0 Å². The summed E-state index contributed by atoms with van der Waals surface area (Å²) in [6.07, 6.45) is 4.23. The van der Waals surface area contributed by atoms with Gasteiger partial charge in [0, 0.05) is 42.0 Å². The van der Waals surface area contributed by atoms with Crippen LogP contribution in [0.25, 0.3) is 37.4 Å². The van der Waals surface area contributed by atoms with Crippen LogP contribution >= 0.6 is 11.3 Å². The maximum atomic E-state index is 14.6. The molecule has 10 heteroatoms. The number of hydrogen-bond acceptors (Lipinski definition) is 6. The van der Waals surface area contributed by atoms with Crippen LogP contribution in [0.1, 0.15) is 43.3 Å². The normalized spacial score (nSPS) is 15.5. The molecule has 1 saturated heterocycles. The van der Waals surface area contributed by atoms with Gasteiger partial charge in [0.1, 0.15) is 11.4 Å². The lowest BCUT2D eigenvalue weighted by molar-refractivity contribution is 0.0453. The Bertz CT molecular complexity index is 1640. The minimum Gasteiger partial charge on any atom is -0.444 e. The highest BCUT2D eigenvalue weighted by Crippen LogP contribution is 2.41. The molecule has 0 radical (unpaired) electrons. The molecule has 2 amide bonds. The highest BCUT2D eigenvalue weighted by atomic mass is 32.1. The number of nitrogens with zero attached hydrogens (tertiary/aromatic N) is 4. The number of carbonyl (C=O) groups is 2. The molecule has 3 heterocycles. The molecule has 0 bridgehead atoms. The van der Waals surface area contributed by atoms with Crippen molar-refractivity contribution in [1.29, 1.82) is 0 Å². The van der Waals surface area contributed by atoms with E-state index in [9.17, 15) is 14.0 Å². The fourth-order valence-electron chi connectivity index (χ4n) is 4.70. The quantitative estimate of drug-likeness (QED) is 0.278. The first-order valence-electron chi connectivity index (χ1n) is 12.9. The lowest BCUT2D eigenvalue weighted by Crippen LogP contribution is -2.50. The number of alkyl carbamates (subject to hydrolysis) is 1. The van der Waals surface area contributed by atoms with Gasteiger partial charge in [-0.15, -0.1) is 11.3 Å². The molecule has 2 aromatic carbocycles. The number of carbonyl (C=O) groups excluding carboxylic acids is 2. The number of rotatable bonds is 4. The van der Waals surface area contributed by atoms with E-state index in [0.29, 0.717) is 34.6 Å². The third kappa shape index (κ3) is 5.95. The molecule has 1 aliphatic rings. The second-order valence-corrected chi connectivity index (χ2v) is 11.7. The zero-order chi connectivity index (χ0) is 28.4. The predicted molar refractivity (Wildman–Crippen MR) is 153 cm³/mol. The summed E-state index contributed by atoms with van der Waals surface area (Å²) in [7, 11) is 0. The summed E-state index contributed by atoms with van der Waals surface area (Å²) in [6.45, 7) is 13.5. The van der Waals surface area contributed by atoms with Crippen LogP contribution in [0, 0.1) is 12.4 Å². The Morgan fingerprint density at radius 3 is 2.58 bits per heavy atom. The van der Waals surface area contributed by atoms with Crippen LogP contribution in [0.3, 0.4) is 0 Å². The number of likely N-dealkylation sites (tertiary alicyclic amines) is 1. The van der Waals surface area contributed by atoms with E-state index in [1.54, 1.807) is 50.2 Å². The van der Waals surface area contributed by atoms with Gasteiger partial charge in [0.15, 0.2) is 0 Å². The fourth-order valence-corrected chi connectivity index (χ4v) is 5.85. The first kappa shape index (κ1) is 27.2. The van der Waals surface area contributed by atoms with E-state index in [2.05, 4.69) is 20.1 Å². The van der Waals surface area contributed by atoms with E-state index in [1.165, 1.54) is 23.5 Å². The minimum absolute atomic E-state index is 0.0605. The van der Waals surface area contributed by atoms with E-state index in [0.717, 1.165) is 28.8 Å². The molecule has 0 unspecified atom stereocenters. The highest BCUT2D eigenvalue weighted by Gasteiger charge is 2.29. The topological polar surface area (TPSA) is 88.8 Å². The van der Waals surface area contributed by atoms with Gasteiger partial charge in [-0.05, 0) is 69.0 Å². The number of benzene rings is 2. The summed E-state index contributed by atoms with van der Waals surface area (Å²) < 4.78 is 20.0. The lowest BCUT2D eigenvalue weighted by Gasteiger charge is -2.33. The van der Waals surface area contributed by atoms with Gasteiger partial charge in [-0.3, -0.25) is 14.8 Å². The standard InChI is InChI=1S/C30H28FN5O3S/c1-30(2,3)39-29(38)35-20-6-5-13-36(17-20)28(37)26-16-21(18-7-9-23(32-4)22(31)14-18)27(40-26)19-8-10-24-25(15-19)34-12-11-33-24/h7-12,14-16,20H,5-6,13,17H2,1-3H3,(H,35,38)/t20-/m1/s1. The van der Waals surface area contributed by atoms with E-state index >= 15 is 0 Å². The summed E-state index contributed by atoms with van der Waals surface area (Å²) in [5.74, 6) is -0.777. The molecule has 0 spiro atoms. The van der Waals surface area contributed by atoms with Gasteiger partial charge in [-0.25, -0.2) is 14.0 Å². The molecule has 204 valence electrons. The van der Waals surface area contributed by atoms with Crippen LogP contribution in [0.5, 0.6) is 0 Å².